The number of aromatic nitrogens is 1. The highest BCUT2D eigenvalue weighted by molar-refractivity contribution is 7.15. The lowest BCUT2D eigenvalue weighted by atomic mass is 10.1. The van der Waals surface area contributed by atoms with Crippen LogP contribution < -0.4 is 10.2 Å². The fourth-order valence-electron chi connectivity index (χ4n) is 2.44. The highest BCUT2D eigenvalue weighted by atomic mass is 32.1. The number of nitrogens with zero attached hydrogens (tertiary/aromatic N) is 2. The molecule has 0 aromatic carbocycles. The molecule has 0 unspecified atom stereocenters. The molecule has 1 heterocycles. The fraction of sp³-hybridized carbons (Fsp3) is 0.812. The molecule has 1 N–H and O–H groups in total. The summed E-state index contributed by atoms with van der Waals surface area (Å²) in [6, 6.07) is 1.55. The molecule has 3 rings (SSSR count). The summed E-state index contributed by atoms with van der Waals surface area (Å²) in [4.78, 5) is 8.85. The Morgan fingerprint density at radius 3 is 2.65 bits per heavy atom. The summed E-state index contributed by atoms with van der Waals surface area (Å²) in [6.45, 7) is 8.96. The molecule has 1 aromatic heterocycles. The van der Waals surface area contributed by atoms with Crippen LogP contribution in [0.1, 0.15) is 56.5 Å². The van der Waals surface area contributed by atoms with E-state index in [0.717, 1.165) is 24.5 Å². The molecule has 1 aromatic rings. The van der Waals surface area contributed by atoms with E-state index < -0.39 is 0 Å². The number of aryl methyl sites for hydroxylation is 1. The number of rotatable bonds is 8. The van der Waals surface area contributed by atoms with Gasteiger partial charge < -0.3 is 10.2 Å². The third-order valence-electron chi connectivity index (χ3n) is 4.19. The molecule has 0 saturated heterocycles. The quantitative estimate of drug-likeness (QED) is 0.792. The Balaban J connectivity index is 1.64. The van der Waals surface area contributed by atoms with Crippen molar-refractivity contribution in [3.8, 4) is 0 Å². The maximum atomic E-state index is 4.85. The van der Waals surface area contributed by atoms with Gasteiger partial charge in [-0.05, 0) is 44.9 Å². The van der Waals surface area contributed by atoms with Crippen LogP contribution in [0.15, 0.2) is 0 Å². The van der Waals surface area contributed by atoms with Gasteiger partial charge in [0.15, 0.2) is 5.13 Å². The minimum atomic E-state index is 0.767. The molecule has 0 bridgehead atoms. The van der Waals surface area contributed by atoms with Crippen LogP contribution >= 0.6 is 11.3 Å². The van der Waals surface area contributed by atoms with Gasteiger partial charge in [0.25, 0.3) is 0 Å². The average molecular weight is 293 g/mol. The van der Waals surface area contributed by atoms with Gasteiger partial charge in [-0.1, -0.05) is 13.8 Å². The lowest BCUT2D eigenvalue weighted by Gasteiger charge is -2.22. The van der Waals surface area contributed by atoms with Crippen molar-refractivity contribution in [2.75, 3.05) is 11.4 Å². The first-order valence-corrected chi connectivity index (χ1v) is 8.91. The second kappa shape index (κ2) is 6.02. The van der Waals surface area contributed by atoms with Gasteiger partial charge >= 0.3 is 0 Å². The maximum Gasteiger partial charge on any atom is 0.186 e. The van der Waals surface area contributed by atoms with Crippen LogP contribution in [0.25, 0.3) is 0 Å². The molecular formula is C16H27N3S. The first-order valence-electron chi connectivity index (χ1n) is 8.10. The zero-order chi connectivity index (χ0) is 14.1. The third-order valence-corrected chi connectivity index (χ3v) is 5.39. The van der Waals surface area contributed by atoms with E-state index in [-0.39, 0.29) is 0 Å². The minimum absolute atomic E-state index is 0.767. The van der Waals surface area contributed by atoms with E-state index in [9.17, 15) is 0 Å². The second-order valence-corrected chi connectivity index (χ2v) is 7.83. The lowest BCUT2D eigenvalue weighted by molar-refractivity contribution is 0.570. The molecule has 0 spiro atoms. The Labute approximate surface area is 126 Å². The molecule has 2 fully saturated rings. The zero-order valence-electron chi connectivity index (χ0n) is 13.0. The molecule has 4 heteroatoms. The predicted octanol–water partition coefficient (Wildman–Crippen LogP) is 3.72. The molecule has 2 aliphatic rings. The monoisotopic (exact) mass is 293 g/mol. The summed E-state index contributed by atoms with van der Waals surface area (Å²) in [5.41, 5.74) is 1.23. The van der Waals surface area contributed by atoms with E-state index >= 15 is 0 Å². The van der Waals surface area contributed by atoms with Gasteiger partial charge in [0.2, 0.25) is 0 Å². The Kier molecular flexibility index (Phi) is 4.32. The Morgan fingerprint density at radius 1 is 1.30 bits per heavy atom. The van der Waals surface area contributed by atoms with Crippen molar-refractivity contribution in [2.24, 2.45) is 5.92 Å². The predicted molar refractivity (Wildman–Crippen MR) is 86.5 cm³/mol. The second-order valence-electron chi connectivity index (χ2n) is 6.77. The SMILES string of the molecule is Cc1nc(N(CCC(C)C)C2CC2)sc1CNC1CC1. The number of hydrogen-bond acceptors (Lipinski definition) is 4. The molecule has 0 aliphatic heterocycles. The van der Waals surface area contributed by atoms with Crippen molar-refractivity contribution in [3.63, 3.8) is 0 Å². The van der Waals surface area contributed by atoms with Crippen molar-refractivity contribution in [1.29, 1.82) is 0 Å². The molecule has 0 atom stereocenters. The van der Waals surface area contributed by atoms with Gasteiger partial charge in [-0.25, -0.2) is 4.98 Å². The Hall–Kier alpha value is -0.610. The van der Waals surface area contributed by atoms with Gasteiger partial charge in [0, 0.05) is 30.1 Å². The smallest absolute Gasteiger partial charge is 0.186 e. The third kappa shape index (κ3) is 3.73. The van der Waals surface area contributed by atoms with Crippen LogP contribution in [-0.4, -0.2) is 23.6 Å². The van der Waals surface area contributed by atoms with E-state index in [1.165, 1.54) is 54.4 Å². The largest absolute Gasteiger partial charge is 0.345 e. The highest BCUT2D eigenvalue weighted by Crippen LogP contribution is 2.36. The van der Waals surface area contributed by atoms with Gasteiger partial charge in [0.05, 0.1) is 5.69 Å². The molecule has 0 radical (unpaired) electrons. The van der Waals surface area contributed by atoms with Crippen molar-refractivity contribution >= 4 is 16.5 Å². The van der Waals surface area contributed by atoms with Crippen LogP contribution in [0.4, 0.5) is 5.13 Å². The minimum Gasteiger partial charge on any atom is -0.345 e. The van der Waals surface area contributed by atoms with Crippen LogP contribution in [0, 0.1) is 12.8 Å². The van der Waals surface area contributed by atoms with E-state index in [1.807, 2.05) is 11.3 Å². The van der Waals surface area contributed by atoms with Gasteiger partial charge in [0.1, 0.15) is 0 Å². The normalized spacial score (nSPS) is 18.8. The Bertz CT molecular complexity index is 447. The average Bonchev–Trinajstić information content (AvgIpc) is 3.28. The number of thiazole rings is 1. The number of nitrogens with one attached hydrogen (secondary N) is 1. The molecule has 0 amide bonds. The molecule has 2 saturated carbocycles. The summed E-state index contributed by atoms with van der Waals surface area (Å²) < 4.78 is 0. The van der Waals surface area contributed by atoms with Crippen molar-refractivity contribution in [2.45, 2.75) is 71.5 Å². The Morgan fingerprint density at radius 2 is 2.05 bits per heavy atom. The molecule has 112 valence electrons. The highest BCUT2D eigenvalue weighted by Gasteiger charge is 2.31. The van der Waals surface area contributed by atoms with Crippen LogP contribution in [0.3, 0.4) is 0 Å². The van der Waals surface area contributed by atoms with E-state index in [0.29, 0.717) is 0 Å². The first kappa shape index (κ1) is 14.3. The standard InChI is InChI=1S/C16H27N3S/c1-11(2)8-9-19(14-6-7-14)16-18-12(3)15(20-16)10-17-13-4-5-13/h11,13-14,17H,4-10H2,1-3H3. The van der Waals surface area contributed by atoms with Crippen molar-refractivity contribution in [3.05, 3.63) is 10.6 Å². The van der Waals surface area contributed by atoms with E-state index in [2.05, 4.69) is 31.0 Å². The van der Waals surface area contributed by atoms with Crippen LogP contribution in [0.2, 0.25) is 0 Å². The summed E-state index contributed by atoms with van der Waals surface area (Å²) in [7, 11) is 0. The summed E-state index contributed by atoms with van der Waals surface area (Å²) in [5, 5.41) is 4.88. The van der Waals surface area contributed by atoms with Crippen LogP contribution in [0.5, 0.6) is 0 Å². The summed E-state index contributed by atoms with van der Waals surface area (Å²) >= 11 is 1.91. The fourth-order valence-corrected chi connectivity index (χ4v) is 3.55. The van der Waals surface area contributed by atoms with E-state index in [1.54, 1.807) is 0 Å². The first-order chi connectivity index (χ1) is 9.63. The molecular weight excluding hydrogens is 266 g/mol. The zero-order valence-corrected chi connectivity index (χ0v) is 13.8. The summed E-state index contributed by atoms with van der Waals surface area (Å²) in [6.07, 6.45) is 6.68. The van der Waals surface area contributed by atoms with Gasteiger partial charge in [-0.3, -0.25) is 0 Å². The number of hydrogen-bond donors (Lipinski definition) is 1. The number of anilines is 1. The van der Waals surface area contributed by atoms with E-state index in [4.69, 9.17) is 4.98 Å². The topological polar surface area (TPSA) is 28.2 Å². The van der Waals surface area contributed by atoms with Crippen molar-refractivity contribution < 1.29 is 0 Å². The maximum absolute atomic E-state index is 4.85. The van der Waals surface area contributed by atoms with Gasteiger partial charge in [-0.15, -0.1) is 11.3 Å². The molecule has 3 nitrogen and oxygen atoms in total. The molecule has 2 aliphatic carbocycles. The van der Waals surface area contributed by atoms with Crippen LogP contribution in [-0.2, 0) is 6.54 Å². The summed E-state index contributed by atoms with van der Waals surface area (Å²) in [5.74, 6) is 0.772. The lowest BCUT2D eigenvalue weighted by Crippen LogP contribution is -2.27. The molecule has 20 heavy (non-hydrogen) atoms. The van der Waals surface area contributed by atoms with Gasteiger partial charge in [-0.2, -0.15) is 0 Å². The van der Waals surface area contributed by atoms with Crippen molar-refractivity contribution in [1.82, 2.24) is 10.3 Å².